The molecule has 8 heteroatoms. The second-order valence-corrected chi connectivity index (χ2v) is 4.04. The van der Waals surface area contributed by atoms with Crippen LogP contribution in [0.15, 0.2) is 29.4 Å². The summed E-state index contributed by atoms with van der Waals surface area (Å²) in [6, 6.07) is 5.82. The molecule has 0 saturated heterocycles. The minimum absolute atomic E-state index is 0.0552. The molecule has 0 fully saturated rings. The fourth-order valence-corrected chi connectivity index (χ4v) is 1.44. The van der Waals surface area contributed by atoms with E-state index in [0.29, 0.717) is 5.56 Å². The van der Waals surface area contributed by atoms with Crippen molar-refractivity contribution >= 4 is 11.7 Å². The van der Waals surface area contributed by atoms with Gasteiger partial charge in [-0.05, 0) is 18.6 Å². The highest BCUT2D eigenvalue weighted by molar-refractivity contribution is 5.99. The lowest BCUT2D eigenvalue weighted by atomic mass is 10.1. The van der Waals surface area contributed by atoms with Crippen molar-refractivity contribution in [1.82, 2.24) is 5.32 Å². The fourth-order valence-electron chi connectivity index (χ4n) is 1.44. The topological polar surface area (TPSA) is 87.7 Å². The molecule has 0 aliphatic carbocycles. The first-order chi connectivity index (χ1) is 9.33. The lowest BCUT2D eigenvalue weighted by Gasteiger charge is -2.08. The number of hydrogen-bond acceptors (Lipinski definition) is 3. The Morgan fingerprint density at radius 2 is 1.80 bits per heavy atom. The number of benzene rings is 1. The van der Waals surface area contributed by atoms with E-state index in [0.717, 1.165) is 0 Å². The molecular weight excluding hydrogens is 275 g/mol. The van der Waals surface area contributed by atoms with Crippen LogP contribution in [0.25, 0.3) is 0 Å². The molecule has 1 aromatic carbocycles. The molecule has 20 heavy (non-hydrogen) atoms. The summed E-state index contributed by atoms with van der Waals surface area (Å²) in [5.41, 5.74) is 6.07. The molecule has 0 spiro atoms. The van der Waals surface area contributed by atoms with Gasteiger partial charge >= 0.3 is 6.18 Å². The predicted octanol–water partition coefficient (Wildman–Crippen LogP) is 1.85. The van der Waals surface area contributed by atoms with Crippen molar-refractivity contribution in [3.8, 4) is 0 Å². The van der Waals surface area contributed by atoms with E-state index in [9.17, 15) is 18.0 Å². The van der Waals surface area contributed by atoms with Crippen LogP contribution in [0.2, 0.25) is 0 Å². The number of amides is 1. The second kappa shape index (κ2) is 6.78. The number of carbonyl (C=O) groups is 1. The Morgan fingerprint density at radius 3 is 2.30 bits per heavy atom. The first-order valence-electron chi connectivity index (χ1n) is 5.76. The normalized spacial score (nSPS) is 12.2. The number of alkyl halides is 3. The smallest absolute Gasteiger partial charge is 0.389 e. The monoisotopic (exact) mass is 289 g/mol. The molecule has 0 heterocycles. The Labute approximate surface area is 113 Å². The van der Waals surface area contributed by atoms with Crippen LogP contribution < -0.4 is 11.1 Å². The number of amidine groups is 1. The van der Waals surface area contributed by atoms with Gasteiger partial charge in [0.2, 0.25) is 0 Å². The summed E-state index contributed by atoms with van der Waals surface area (Å²) in [6.07, 6.45) is -5.32. The van der Waals surface area contributed by atoms with Gasteiger partial charge in [0.05, 0.1) is 0 Å². The molecule has 4 N–H and O–H groups in total. The number of nitrogens with zero attached hydrogens (tertiary/aromatic N) is 1. The summed E-state index contributed by atoms with van der Waals surface area (Å²) in [6.45, 7) is -0.0552. The maximum absolute atomic E-state index is 11.9. The maximum atomic E-state index is 11.9. The van der Waals surface area contributed by atoms with E-state index < -0.39 is 18.5 Å². The molecule has 0 aromatic heterocycles. The standard InChI is InChI=1S/C12H14F3N3O2/c13-12(14,15)6-1-7-17-11(19)9-4-2-8(3-5-9)10(16)18-20/h2-5,20H,1,6-7H2,(H2,16,18)(H,17,19). The minimum Gasteiger partial charge on any atom is -0.409 e. The predicted molar refractivity (Wildman–Crippen MR) is 66.6 cm³/mol. The summed E-state index contributed by atoms with van der Waals surface area (Å²) in [5.74, 6) is -0.569. The van der Waals surface area contributed by atoms with E-state index >= 15 is 0 Å². The highest BCUT2D eigenvalue weighted by Gasteiger charge is 2.25. The largest absolute Gasteiger partial charge is 0.409 e. The van der Waals surface area contributed by atoms with Gasteiger partial charge in [-0.1, -0.05) is 17.3 Å². The SMILES string of the molecule is N/C(=N/O)c1ccc(C(=O)NCCCC(F)(F)F)cc1. The molecule has 5 nitrogen and oxygen atoms in total. The van der Waals surface area contributed by atoms with Crippen LogP contribution in [0.3, 0.4) is 0 Å². The van der Waals surface area contributed by atoms with Crippen molar-refractivity contribution in [3.63, 3.8) is 0 Å². The van der Waals surface area contributed by atoms with E-state index in [1.807, 2.05) is 0 Å². The van der Waals surface area contributed by atoms with Crippen LogP contribution in [0.5, 0.6) is 0 Å². The molecule has 0 unspecified atom stereocenters. The third kappa shape index (κ3) is 5.17. The molecule has 0 atom stereocenters. The average Bonchev–Trinajstić information content (AvgIpc) is 2.41. The molecule has 0 saturated carbocycles. The Kier molecular flexibility index (Phi) is 5.36. The maximum Gasteiger partial charge on any atom is 0.389 e. The van der Waals surface area contributed by atoms with Crippen molar-refractivity contribution in [1.29, 1.82) is 0 Å². The Morgan fingerprint density at radius 1 is 1.25 bits per heavy atom. The number of hydrogen-bond donors (Lipinski definition) is 3. The summed E-state index contributed by atoms with van der Waals surface area (Å²) in [7, 11) is 0. The van der Waals surface area contributed by atoms with E-state index in [-0.39, 0.29) is 24.4 Å². The lowest BCUT2D eigenvalue weighted by molar-refractivity contribution is -0.135. The number of nitrogens with two attached hydrogens (primary N) is 1. The van der Waals surface area contributed by atoms with Crippen LogP contribution in [0, 0.1) is 0 Å². The first kappa shape index (κ1) is 15.8. The van der Waals surface area contributed by atoms with Crippen LogP contribution in [0.4, 0.5) is 13.2 Å². The number of oxime groups is 1. The van der Waals surface area contributed by atoms with Crippen LogP contribution >= 0.6 is 0 Å². The molecular formula is C12H14F3N3O2. The van der Waals surface area contributed by atoms with Crippen molar-refractivity contribution in [3.05, 3.63) is 35.4 Å². The van der Waals surface area contributed by atoms with Gasteiger partial charge in [-0.25, -0.2) is 0 Å². The highest BCUT2D eigenvalue weighted by atomic mass is 19.4. The molecule has 0 radical (unpaired) electrons. The van der Waals surface area contributed by atoms with Gasteiger partial charge in [0.25, 0.3) is 5.91 Å². The van der Waals surface area contributed by atoms with Crippen LogP contribution in [-0.2, 0) is 0 Å². The molecule has 1 amide bonds. The van der Waals surface area contributed by atoms with E-state index in [2.05, 4.69) is 10.5 Å². The zero-order valence-corrected chi connectivity index (χ0v) is 10.4. The van der Waals surface area contributed by atoms with Gasteiger partial charge in [-0.3, -0.25) is 4.79 Å². The zero-order chi connectivity index (χ0) is 15.2. The van der Waals surface area contributed by atoms with Gasteiger partial charge < -0.3 is 16.3 Å². The zero-order valence-electron chi connectivity index (χ0n) is 10.4. The molecule has 1 rings (SSSR count). The van der Waals surface area contributed by atoms with Crippen molar-refractivity contribution in [2.45, 2.75) is 19.0 Å². The number of nitrogens with one attached hydrogen (secondary N) is 1. The summed E-state index contributed by atoms with van der Waals surface area (Å²) >= 11 is 0. The first-order valence-corrected chi connectivity index (χ1v) is 5.76. The summed E-state index contributed by atoms with van der Waals surface area (Å²) < 4.78 is 35.7. The number of carbonyl (C=O) groups excluding carboxylic acids is 1. The van der Waals surface area contributed by atoms with Crippen LogP contribution in [-0.4, -0.2) is 29.7 Å². The number of halogens is 3. The molecule has 110 valence electrons. The van der Waals surface area contributed by atoms with Crippen molar-refractivity contribution < 1.29 is 23.2 Å². The van der Waals surface area contributed by atoms with Gasteiger partial charge in [-0.2, -0.15) is 13.2 Å². The van der Waals surface area contributed by atoms with E-state index in [1.165, 1.54) is 24.3 Å². The lowest BCUT2D eigenvalue weighted by Crippen LogP contribution is -2.25. The van der Waals surface area contributed by atoms with Crippen molar-refractivity contribution in [2.75, 3.05) is 6.54 Å². The highest BCUT2D eigenvalue weighted by Crippen LogP contribution is 2.20. The average molecular weight is 289 g/mol. The number of rotatable bonds is 5. The van der Waals surface area contributed by atoms with Gasteiger partial charge in [-0.15, -0.1) is 0 Å². The summed E-state index contributed by atoms with van der Waals surface area (Å²) in [5, 5.41) is 13.7. The Hall–Kier alpha value is -2.25. The van der Waals surface area contributed by atoms with Gasteiger partial charge in [0.15, 0.2) is 5.84 Å². The minimum atomic E-state index is -4.21. The van der Waals surface area contributed by atoms with E-state index in [1.54, 1.807) is 0 Å². The van der Waals surface area contributed by atoms with Crippen LogP contribution in [0.1, 0.15) is 28.8 Å². The second-order valence-electron chi connectivity index (χ2n) is 4.04. The third-order valence-electron chi connectivity index (χ3n) is 2.47. The van der Waals surface area contributed by atoms with Gasteiger partial charge in [0, 0.05) is 24.1 Å². The molecule has 1 aromatic rings. The quantitative estimate of drug-likeness (QED) is 0.254. The Bertz CT molecular complexity index is 484. The van der Waals surface area contributed by atoms with Crippen molar-refractivity contribution in [2.24, 2.45) is 10.9 Å². The molecule has 0 bridgehead atoms. The molecule has 0 aliphatic heterocycles. The van der Waals surface area contributed by atoms with Gasteiger partial charge in [0.1, 0.15) is 0 Å². The summed E-state index contributed by atoms with van der Waals surface area (Å²) in [4.78, 5) is 11.6. The fraction of sp³-hybridized carbons (Fsp3) is 0.333. The Balaban J connectivity index is 2.48. The molecule has 0 aliphatic rings. The van der Waals surface area contributed by atoms with E-state index in [4.69, 9.17) is 10.9 Å². The third-order valence-corrected chi connectivity index (χ3v) is 2.47.